The van der Waals surface area contributed by atoms with Gasteiger partial charge in [0.15, 0.2) is 0 Å². The molecule has 1 aromatic heterocycles. The molecule has 4 atom stereocenters. The van der Waals surface area contributed by atoms with Gasteiger partial charge < -0.3 is 10.4 Å². The smallest absolute Gasteiger partial charge is 0.307 e. The van der Waals surface area contributed by atoms with Gasteiger partial charge in [-0.25, -0.2) is 4.98 Å². The Balaban J connectivity index is 1.34. The number of nitrogens with one attached hydrogen (secondary N) is 1. The highest BCUT2D eigenvalue weighted by molar-refractivity contribution is 7.21. The Bertz CT molecular complexity index is 1150. The number of aromatic nitrogens is 1. The highest BCUT2D eigenvalue weighted by Gasteiger charge is 2.51. The monoisotopic (exact) mass is 404 g/mol. The molecular formula is C23H20N2O3S. The molecule has 2 bridgehead atoms. The SMILES string of the molecule is Cc1ccc2nc(-c3ccc(NC(=O)[C@@H]4[C@H](C(=O)O)[C@H]5C=C[C@H]4C5)cc3)sc2c1. The molecule has 0 aliphatic heterocycles. The fraction of sp³-hybridized carbons (Fsp3) is 0.261. The van der Waals surface area contributed by atoms with Gasteiger partial charge in [0.25, 0.3) is 0 Å². The van der Waals surface area contributed by atoms with E-state index in [1.165, 1.54) is 5.56 Å². The van der Waals surface area contributed by atoms with Crippen LogP contribution in [-0.2, 0) is 9.59 Å². The molecule has 2 N–H and O–H groups in total. The number of aliphatic carboxylic acids is 1. The van der Waals surface area contributed by atoms with Crippen molar-refractivity contribution in [3.05, 3.63) is 60.2 Å². The number of hydrogen-bond acceptors (Lipinski definition) is 4. The summed E-state index contributed by atoms with van der Waals surface area (Å²) in [4.78, 5) is 29.1. The summed E-state index contributed by atoms with van der Waals surface area (Å²) < 4.78 is 1.15. The summed E-state index contributed by atoms with van der Waals surface area (Å²) in [5.74, 6) is -2.24. The summed E-state index contributed by atoms with van der Waals surface area (Å²) in [5, 5.41) is 13.4. The molecule has 2 aromatic carbocycles. The van der Waals surface area contributed by atoms with Gasteiger partial charge in [0.05, 0.1) is 22.1 Å². The van der Waals surface area contributed by atoms with Crippen molar-refractivity contribution in [3.63, 3.8) is 0 Å². The van der Waals surface area contributed by atoms with Gasteiger partial charge in [-0.1, -0.05) is 18.2 Å². The van der Waals surface area contributed by atoms with Crippen LogP contribution in [0.25, 0.3) is 20.8 Å². The van der Waals surface area contributed by atoms with Crippen LogP contribution in [0.1, 0.15) is 12.0 Å². The summed E-state index contributed by atoms with van der Waals surface area (Å²) >= 11 is 1.64. The van der Waals surface area contributed by atoms with E-state index in [1.807, 2.05) is 42.5 Å². The average molecular weight is 404 g/mol. The minimum Gasteiger partial charge on any atom is -0.481 e. The van der Waals surface area contributed by atoms with Gasteiger partial charge in [0, 0.05) is 11.3 Å². The zero-order valence-electron chi connectivity index (χ0n) is 15.8. The van der Waals surface area contributed by atoms with Gasteiger partial charge in [-0.05, 0) is 67.1 Å². The van der Waals surface area contributed by atoms with Crippen LogP contribution in [0.3, 0.4) is 0 Å². The zero-order chi connectivity index (χ0) is 20.1. The molecular weight excluding hydrogens is 384 g/mol. The highest BCUT2D eigenvalue weighted by atomic mass is 32.1. The molecule has 5 nitrogen and oxygen atoms in total. The van der Waals surface area contributed by atoms with E-state index in [0.717, 1.165) is 27.2 Å². The second-order valence-electron chi connectivity index (χ2n) is 7.89. The van der Waals surface area contributed by atoms with Crippen molar-refractivity contribution in [2.24, 2.45) is 23.7 Å². The molecule has 0 spiro atoms. The third-order valence-electron chi connectivity index (χ3n) is 5.99. The fourth-order valence-electron chi connectivity index (χ4n) is 4.59. The predicted octanol–water partition coefficient (Wildman–Crippen LogP) is 4.73. The standard InChI is InChI=1S/C23H20N2O3S/c1-12-2-9-17-18(10-12)29-22(25-17)13-5-7-16(8-6-13)24-21(26)19-14-3-4-15(11-14)20(19)23(27)28/h2-10,14-15,19-20H,11H2,1H3,(H,24,26)(H,27,28)/t14-,15-,19-,20+/m0/s1. The summed E-state index contributed by atoms with van der Waals surface area (Å²) in [7, 11) is 0. The van der Waals surface area contributed by atoms with Gasteiger partial charge in [0.1, 0.15) is 5.01 Å². The van der Waals surface area contributed by atoms with E-state index in [2.05, 4.69) is 24.4 Å². The maximum Gasteiger partial charge on any atom is 0.307 e. The van der Waals surface area contributed by atoms with Crippen LogP contribution in [0.5, 0.6) is 0 Å². The van der Waals surface area contributed by atoms with Gasteiger partial charge in [-0.3, -0.25) is 9.59 Å². The van der Waals surface area contributed by atoms with Crippen LogP contribution in [-0.4, -0.2) is 22.0 Å². The number of hydrogen-bond donors (Lipinski definition) is 2. The molecule has 0 unspecified atom stereocenters. The van der Waals surface area contributed by atoms with E-state index in [1.54, 1.807) is 11.3 Å². The number of carboxylic acids is 1. The van der Waals surface area contributed by atoms with Crippen molar-refractivity contribution in [2.75, 3.05) is 5.32 Å². The fourth-order valence-corrected chi connectivity index (χ4v) is 5.66. The molecule has 0 radical (unpaired) electrons. The number of rotatable bonds is 4. The maximum atomic E-state index is 12.8. The topological polar surface area (TPSA) is 79.3 Å². The van der Waals surface area contributed by atoms with Gasteiger partial charge in [-0.15, -0.1) is 11.3 Å². The molecule has 1 heterocycles. The largest absolute Gasteiger partial charge is 0.481 e. The van der Waals surface area contributed by atoms with Gasteiger partial charge >= 0.3 is 5.97 Å². The van der Waals surface area contributed by atoms with E-state index in [-0.39, 0.29) is 17.7 Å². The van der Waals surface area contributed by atoms with Crippen molar-refractivity contribution in [1.29, 1.82) is 0 Å². The Kier molecular flexibility index (Phi) is 4.24. The normalized spacial score (nSPS) is 24.9. The maximum absolute atomic E-state index is 12.8. The summed E-state index contributed by atoms with van der Waals surface area (Å²) in [6, 6.07) is 13.8. The summed E-state index contributed by atoms with van der Waals surface area (Å²) in [5.41, 5.74) is 3.86. The Labute approximate surface area is 172 Å². The third-order valence-corrected chi connectivity index (χ3v) is 7.06. The van der Waals surface area contributed by atoms with Crippen molar-refractivity contribution in [3.8, 4) is 10.6 Å². The first kappa shape index (κ1) is 18.1. The lowest BCUT2D eigenvalue weighted by Gasteiger charge is -2.23. The van der Waals surface area contributed by atoms with Gasteiger partial charge in [-0.2, -0.15) is 0 Å². The molecule has 29 heavy (non-hydrogen) atoms. The van der Waals surface area contributed by atoms with Crippen molar-refractivity contribution >= 4 is 39.1 Å². The van der Waals surface area contributed by atoms with Crippen LogP contribution >= 0.6 is 11.3 Å². The summed E-state index contributed by atoms with van der Waals surface area (Å²) in [6.07, 6.45) is 4.69. The van der Waals surface area contributed by atoms with Crippen LogP contribution in [0, 0.1) is 30.6 Å². The molecule has 6 heteroatoms. The number of carboxylic acid groups (broad SMARTS) is 1. The first-order valence-corrected chi connectivity index (χ1v) is 10.5. The second kappa shape index (κ2) is 6.81. The number of amides is 1. The summed E-state index contributed by atoms with van der Waals surface area (Å²) in [6.45, 7) is 2.07. The third kappa shape index (κ3) is 3.13. The lowest BCUT2D eigenvalue weighted by atomic mass is 9.82. The minimum absolute atomic E-state index is 0.0200. The Morgan fingerprint density at radius 1 is 1.07 bits per heavy atom. The van der Waals surface area contributed by atoms with Crippen LogP contribution in [0.4, 0.5) is 5.69 Å². The van der Waals surface area contributed by atoms with Gasteiger partial charge in [0.2, 0.25) is 5.91 Å². The molecule has 1 saturated carbocycles. The molecule has 3 aromatic rings. The lowest BCUT2D eigenvalue weighted by molar-refractivity contribution is -0.146. The highest BCUT2D eigenvalue weighted by Crippen LogP contribution is 2.48. The number of anilines is 1. The minimum atomic E-state index is -0.886. The first-order valence-electron chi connectivity index (χ1n) is 9.69. The van der Waals surface area contributed by atoms with Crippen molar-refractivity contribution in [2.45, 2.75) is 13.3 Å². The van der Waals surface area contributed by atoms with Crippen molar-refractivity contribution < 1.29 is 14.7 Å². The number of allylic oxidation sites excluding steroid dienone is 2. The Morgan fingerprint density at radius 3 is 2.52 bits per heavy atom. The number of nitrogens with zero attached hydrogens (tertiary/aromatic N) is 1. The van der Waals surface area contributed by atoms with E-state index in [9.17, 15) is 14.7 Å². The molecule has 1 amide bonds. The molecule has 2 aliphatic rings. The number of aryl methyl sites for hydroxylation is 1. The van der Waals surface area contributed by atoms with Crippen LogP contribution in [0.15, 0.2) is 54.6 Å². The molecule has 5 rings (SSSR count). The second-order valence-corrected chi connectivity index (χ2v) is 8.93. The number of thiazole rings is 1. The molecule has 2 aliphatic carbocycles. The van der Waals surface area contributed by atoms with Crippen LogP contribution in [0.2, 0.25) is 0 Å². The average Bonchev–Trinajstić information content (AvgIpc) is 3.42. The number of carbonyl (C=O) groups is 2. The van der Waals surface area contributed by atoms with Crippen molar-refractivity contribution in [1.82, 2.24) is 4.98 Å². The number of carbonyl (C=O) groups excluding carboxylic acids is 1. The Morgan fingerprint density at radius 2 is 1.79 bits per heavy atom. The molecule has 146 valence electrons. The van der Waals surface area contributed by atoms with E-state index >= 15 is 0 Å². The predicted molar refractivity (Wildman–Crippen MR) is 114 cm³/mol. The zero-order valence-corrected chi connectivity index (χ0v) is 16.6. The van der Waals surface area contributed by atoms with E-state index < -0.39 is 17.8 Å². The number of fused-ring (bicyclic) bond motifs is 3. The van der Waals surface area contributed by atoms with E-state index in [0.29, 0.717) is 5.69 Å². The first-order chi connectivity index (χ1) is 14.0. The quantitative estimate of drug-likeness (QED) is 0.616. The Hall–Kier alpha value is -2.99. The van der Waals surface area contributed by atoms with Crippen LogP contribution < -0.4 is 5.32 Å². The van der Waals surface area contributed by atoms with E-state index in [4.69, 9.17) is 4.98 Å². The molecule has 1 fully saturated rings. The number of benzene rings is 2. The molecule has 0 saturated heterocycles. The lowest BCUT2D eigenvalue weighted by Crippen LogP contribution is -2.36.